The molecule has 1 fully saturated rings. The lowest BCUT2D eigenvalue weighted by atomic mass is 10.2. The molecule has 0 radical (unpaired) electrons. The predicted molar refractivity (Wildman–Crippen MR) is 111 cm³/mol. The van der Waals surface area contributed by atoms with Crippen molar-refractivity contribution in [3.63, 3.8) is 0 Å². The molecule has 1 saturated carbocycles. The summed E-state index contributed by atoms with van der Waals surface area (Å²) in [5.74, 6) is 3.11. The number of ether oxygens (including phenoxy) is 3. The maximum Gasteiger partial charge on any atom is 0.193 e. The third-order valence-corrected chi connectivity index (χ3v) is 4.09. The Morgan fingerprint density at radius 3 is 2.56 bits per heavy atom. The van der Waals surface area contributed by atoms with E-state index in [1.165, 1.54) is 12.8 Å². The highest BCUT2D eigenvalue weighted by Gasteiger charge is 2.21. The number of rotatable bonds is 9. The fourth-order valence-corrected chi connectivity index (χ4v) is 2.40. The molecule has 0 atom stereocenters. The Morgan fingerprint density at radius 1 is 1.24 bits per heavy atom. The molecule has 0 aromatic heterocycles. The van der Waals surface area contributed by atoms with Gasteiger partial charge in [0.25, 0.3) is 0 Å². The summed E-state index contributed by atoms with van der Waals surface area (Å²) in [4.78, 5) is 6.40. The normalized spacial score (nSPS) is 13.8. The van der Waals surface area contributed by atoms with E-state index in [2.05, 4.69) is 15.2 Å². The number of hydrogen-bond acceptors (Lipinski definition) is 4. The van der Waals surface area contributed by atoms with Crippen LogP contribution in [0, 0.1) is 5.92 Å². The largest absolute Gasteiger partial charge is 0.493 e. The summed E-state index contributed by atoms with van der Waals surface area (Å²) in [6.45, 7) is 3.11. The number of likely N-dealkylation sites (N-methyl/N-ethyl adjacent to an activating group) is 1. The molecular weight excluding hydrogens is 433 g/mol. The fraction of sp³-hybridized carbons (Fsp3) is 0.611. The van der Waals surface area contributed by atoms with Gasteiger partial charge in [-0.15, -0.1) is 24.0 Å². The van der Waals surface area contributed by atoms with Gasteiger partial charge >= 0.3 is 0 Å². The summed E-state index contributed by atoms with van der Waals surface area (Å²) in [6, 6.07) is 5.90. The van der Waals surface area contributed by atoms with E-state index < -0.39 is 0 Å². The smallest absolute Gasteiger partial charge is 0.193 e. The van der Waals surface area contributed by atoms with E-state index in [4.69, 9.17) is 14.2 Å². The SMILES string of the molecule is CN=C(NCc1ccc(OC)c(OC)c1)N(C)CCOCC1CC1.I. The minimum Gasteiger partial charge on any atom is -0.493 e. The van der Waals surface area contributed by atoms with Crippen LogP contribution in [0.2, 0.25) is 0 Å². The number of halogens is 1. The van der Waals surface area contributed by atoms with E-state index in [0.29, 0.717) is 6.54 Å². The van der Waals surface area contributed by atoms with Crippen molar-refractivity contribution in [2.75, 3.05) is 48.1 Å². The highest BCUT2D eigenvalue weighted by atomic mass is 127. The predicted octanol–water partition coefficient (Wildman–Crippen LogP) is 2.76. The molecule has 0 saturated heterocycles. The van der Waals surface area contributed by atoms with Crippen LogP contribution in [-0.4, -0.2) is 58.9 Å². The highest BCUT2D eigenvalue weighted by Crippen LogP contribution is 2.28. The molecular formula is C18H30IN3O3. The van der Waals surface area contributed by atoms with Crippen molar-refractivity contribution in [2.45, 2.75) is 19.4 Å². The van der Waals surface area contributed by atoms with Crippen LogP contribution in [0.25, 0.3) is 0 Å². The van der Waals surface area contributed by atoms with E-state index in [-0.39, 0.29) is 24.0 Å². The van der Waals surface area contributed by atoms with Crippen LogP contribution in [0.4, 0.5) is 0 Å². The van der Waals surface area contributed by atoms with Gasteiger partial charge in [-0.3, -0.25) is 4.99 Å². The van der Waals surface area contributed by atoms with Crippen molar-refractivity contribution < 1.29 is 14.2 Å². The minimum atomic E-state index is 0. The average Bonchev–Trinajstić information content (AvgIpc) is 3.43. The first-order valence-corrected chi connectivity index (χ1v) is 8.38. The second kappa shape index (κ2) is 11.4. The van der Waals surface area contributed by atoms with Gasteiger partial charge in [-0.2, -0.15) is 0 Å². The lowest BCUT2D eigenvalue weighted by molar-refractivity contribution is 0.115. The number of benzene rings is 1. The van der Waals surface area contributed by atoms with Gasteiger partial charge in [0, 0.05) is 33.8 Å². The summed E-state index contributed by atoms with van der Waals surface area (Å²) in [6.07, 6.45) is 2.65. The van der Waals surface area contributed by atoms with Crippen LogP contribution >= 0.6 is 24.0 Å². The molecule has 2 rings (SSSR count). The Hall–Kier alpha value is -1.22. The third kappa shape index (κ3) is 7.27. The molecule has 0 bridgehead atoms. The van der Waals surface area contributed by atoms with Crippen molar-refractivity contribution in [3.05, 3.63) is 23.8 Å². The van der Waals surface area contributed by atoms with E-state index in [9.17, 15) is 0 Å². The number of nitrogens with one attached hydrogen (secondary N) is 1. The van der Waals surface area contributed by atoms with Crippen LogP contribution in [0.1, 0.15) is 18.4 Å². The van der Waals surface area contributed by atoms with Gasteiger partial charge in [-0.25, -0.2) is 0 Å². The molecule has 1 aromatic carbocycles. The van der Waals surface area contributed by atoms with E-state index >= 15 is 0 Å². The standard InChI is InChI=1S/C18H29N3O3.HI/c1-19-18(21(2)9-10-24-13-14-5-6-14)20-12-15-7-8-16(22-3)17(11-15)23-4;/h7-8,11,14H,5-6,9-10,12-13H2,1-4H3,(H,19,20);1H. The number of nitrogens with zero attached hydrogens (tertiary/aromatic N) is 2. The minimum absolute atomic E-state index is 0. The molecule has 142 valence electrons. The van der Waals surface area contributed by atoms with Gasteiger partial charge in [0.1, 0.15) is 0 Å². The molecule has 0 heterocycles. The molecule has 0 spiro atoms. The Kier molecular flexibility index (Phi) is 9.96. The zero-order valence-electron chi connectivity index (χ0n) is 15.6. The van der Waals surface area contributed by atoms with Gasteiger partial charge in [0.05, 0.1) is 20.8 Å². The average molecular weight is 463 g/mol. The first-order chi connectivity index (χ1) is 11.7. The van der Waals surface area contributed by atoms with Crippen molar-refractivity contribution in [2.24, 2.45) is 10.9 Å². The second-order valence-corrected chi connectivity index (χ2v) is 6.03. The highest BCUT2D eigenvalue weighted by molar-refractivity contribution is 14.0. The summed E-state index contributed by atoms with van der Waals surface area (Å²) < 4.78 is 16.3. The van der Waals surface area contributed by atoms with E-state index in [1.807, 2.05) is 25.2 Å². The lowest BCUT2D eigenvalue weighted by Crippen LogP contribution is -2.40. The maximum atomic E-state index is 5.69. The molecule has 1 aromatic rings. The Morgan fingerprint density at radius 2 is 1.96 bits per heavy atom. The summed E-state index contributed by atoms with van der Waals surface area (Å²) in [5, 5.41) is 3.36. The zero-order chi connectivity index (χ0) is 17.4. The van der Waals surface area contributed by atoms with Gasteiger partial charge in [-0.05, 0) is 36.5 Å². The Labute approximate surface area is 167 Å². The monoisotopic (exact) mass is 463 g/mol. The molecule has 0 unspecified atom stereocenters. The molecule has 0 amide bonds. The fourth-order valence-electron chi connectivity index (χ4n) is 2.40. The van der Waals surface area contributed by atoms with Crippen LogP contribution in [0.5, 0.6) is 11.5 Å². The van der Waals surface area contributed by atoms with Crippen LogP contribution in [0.15, 0.2) is 23.2 Å². The molecule has 25 heavy (non-hydrogen) atoms. The summed E-state index contributed by atoms with van der Waals surface area (Å²) in [7, 11) is 7.09. The van der Waals surface area contributed by atoms with Crippen molar-refractivity contribution in [3.8, 4) is 11.5 Å². The lowest BCUT2D eigenvalue weighted by Gasteiger charge is -2.22. The molecule has 6 nitrogen and oxygen atoms in total. The first-order valence-electron chi connectivity index (χ1n) is 8.38. The van der Waals surface area contributed by atoms with Crippen molar-refractivity contribution in [1.29, 1.82) is 0 Å². The number of aliphatic imine (C=N–C) groups is 1. The molecule has 1 aliphatic rings. The van der Waals surface area contributed by atoms with E-state index in [1.54, 1.807) is 21.3 Å². The van der Waals surface area contributed by atoms with Gasteiger partial charge in [-0.1, -0.05) is 6.07 Å². The molecule has 1 N–H and O–H groups in total. The zero-order valence-corrected chi connectivity index (χ0v) is 17.9. The maximum absolute atomic E-state index is 5.69. The number of methoxy groups -OCH3 is 2. The quantitative estimate of drug-likeness (QED) is 0.264. The Bertz CT molecular complexity index is 550. The van der Waals surface area contributed by atoms with Crippen LogP contribution in [-0.2, 0) is 11.3 Å². The summed E-state index contributed by atoms with van der Waals surface area (Å²) >= 11 is 0. The molecule has 7 heteroatoms. The van der Waals surface area contributed by atoms with Gasteiger partial charge < -0.3 is 24.4 Å². The molecule has 0 aliphatic heterocycles. The number of guanidine groups is 1. The summed E-state index contributed by atoms with van der Waals surface area (Å²) in [5.41, 5.74) is 1.10. The van der Waals surface area contributed by atoms with Crippen molar-refractivity contribution in [1.82, 2.24) is 10.2 Å². The second-order valence-electron chi connectivity index (χ2n) is 6.03. The van der Waals surface area contributed by atoms with Crippen LogP contribution < -0.4 is 14.8 Å². The number of hydrogen-bond donors (Lipinski definition) is 1. The third-order valence-electron chi connectivity index (χ3n) is 4.09. The van der Waals surface area contributed by atoms with Gasteiger partial charge in [0.15, 0.2) is 17.5 Å². The van der Waals surface area contributed by atoms with Crippen LogP contribution in [0.3, 0.4) is 0 Å². The first kappa shape index (κ1) is 21.8. The van der Waals surface area contributed by atoms with Gasteiger partial charge in [0.2, 0.25) is 0 Å². The topological polar surface area (TPSA) is 55.3 Å². The van der Waals surface area contributed by atoms with E-state index in [0.717, 1.165) is 48.7 Å². The van der Waals surface area contributed by atoms with Crippen molar-refractivity contribution >= 4 is 29.9 Å². The molecule has 1 aliphatic carbocycles. The Balaban J connectivity index is 0.00000312.